The first-order valence-corrected chi connectivity index (χ1v) is 5.11. The highest BCUT2D eigenvalue weighted by Gasteiger charge is 2.11. The third kappa shape index (κ3) is 6.63. The summed E-state index contributed by atoms with van der Waals surface area (Å²) < 4.78 is 4.81. The summed E-state index contributed by atoms with van der Waals surface area (Å²) in [7, 11) is 0. The van der Waals surface area contributed by atoms with Crippen LogP contribution in [0.25, 0.3) is 0 Å². The molecule has 0 rings (SSSR count). The number of hydrogen-bond donors (Lipinski definition) is 0. The van der Waals surface area contributed by atoms with Crippen molar-refractivity contribution in [1.82, 2.24) is 0 Å². The van der Waals surface area contributed by atoms with Crippen molar-refractivity contribution in [3.05, 3.63) is 0 Å². The van der Waals surface area contributed by atoms with E-state index in [9.17, 15) is 9.59 Å². The maximum absolute atomic E-state index is 10.8. The number of hydrogen-bond acceptors (Lipinski definition) is 3. The van der Waals surface area contributed by atoms with Crippen LogP contribution in [0, 0.1) is 11.8 Å². The molecule has 0 fully saturated rings. The summed E-state index contributed by atoms with van der Waals surface area (Å²) in [6.45, 7) is 7.92. The fourth-order valence-corrected chi connectivity index (χ4v) is 1.02. The third-order valence-corrected chi connectivity index (χ3v) is 2.02. The molecule has 0 heterocycles. The van der Waals surface area contributed by atoms with Crippen LogP contribution in [0.1, 0.15) is 40.5 Å². The van der Waals surface area contributed by atoms with Crippen molar-refractivity contribution in [3.63, 3.8) is 0 Å². The van der Waals surface area contributed by atoms with Crippen LogP contribution in [0.15, 0.2) is 0 Å². The largest absolute Gasteiger partial charge is 0.460 e. The molecule has 0 saturated carbocycles. The van der Waals surface area contributed by atoms with E-state index in [0.29, 0.717) is 18.4 Å². The van der Waals surface area contributed by atoms with E-state index < -0.39 is 11.8 Å². The molecule has 0 aliphatic rings. The Bertz CT molecular complexity index is 197. The molecule has 0 N–H and O–H groups in total. The minimum atomic E-state index is -0.721. The van der Waals surface area contributed by atoms with Crippen molar-refractivity contribution in [2.45, 2.75) is 40.5 Å². The molecule has 0 aromatic rings. The van der Waals surface area contributed by atoms with Crippen LogP contribution in [-0.4, -0.2) is 18.4 Å². The molecule has 0 aromatic carbocycles. The summed E-state index contributed by atoms with van der Waals surface area (Å²) >= 11 is 0. The molecule has 14 heavy (non-hydrogen) atoms. The fourth-order valence-electron chi connectivity index (χ4n) is 1.02. The Balaban J connectivity index is 3.58. The van der Waals surface area contributed by atoms with Crippen LogP contribution >= 0.6 is 0 Å². The molecule has 0 aliphatic heterocycles. The molecule has 0 spiro atoms. The molecule has 3 nitrogen and oxygen atoms in total. The van der Waals surface area contributed by atoms with E-state index in [2.05, 4.69) is 13.8 Å². The molecule has 3 heteroatoms. The van der Waals surface area contributed by atoms with Gasteiger partial charge in [-0.2, -0.15) is 0 Å². The smallest absolute Gasteiger partial charge is 0.374 e. The molecule has 1 atom stereocenters. The molecular weight excluding hydrogens is 180 g/mol. The van der Waals surface area contributed by atoms with E-state index >= 15 is 0 Å². The quantitative estimate of drug-likeness (QED) is 0.487. The summed E-state index contributed by atoms with van der Waals surface area (Å²) in [5.41, 5.74) is 0. The van der Waals surface area contributed by atoms with Crippen LogP contribution in [0.5, 0.6) is 0 Å². The standard InChI is InChI=1S/C11H20O3/c1-8(2)5-6-9(3)7-14-11(13)10(4)12/h8-9H,5-7H2,1-4H3. The highest BCUT2D eigenvalue weighted by Crippen LogP contribution is 2.11. The second-order valence-corrected chi connectivity index (χ2v) is 4.23. The summed E-state index contributed by atoms with van der Waals surface area (Å²) in [6.07, 6.45) is 2.15. The van der Waals surface area contributed by atoms with Crippen molar-refractivity contribution in [3.8, 4) is 0 Å². The third-order valence-electron chi connectivity index (χ3n) is 2.02. The summed E-state index contributed by atoms with van der Waals surface area (Å²) in [5.74, 6) is -0.246. The lowest BCUT2D eigenvalue weighted by molar-refractivity contribution is -0.153. The second-order valence-electron chi connectivity index (χ2n) is 4.23. The Morgan fingerprint density at radius 2 is 1.71 bits per heavy atom. The minimum absolute atomic E-state index is 0.334. The Morgan fingerprint density at radius 1 is 1.14 bits per heavy atom. The first-order chi connectivity index (χ1) is 6.43. The van der Waals surface area contributed by atoms with Crippen molar-refractivity contribution in [2.24, 2.45) is 11.8 Å². The van der Waals surface area contributed by atoms with Crippen LogP contribution in [0.4, 0.5) is 0 Å². The molecule has 0 radical (unpaired) electrons. The predicted octanol–water partition coefficient (Wildman–Crippen LogP) is 2.19. The fraction of sp³-hybridized carbons (Fsp3) is 0.818. The average Bonchev–Trinajstić information content (AvgIpc) is 2.10. The highest BCUT2D eigenvalue weighted by atomic mass is 16.5. The lowest BCUT2D eigenvalue weighted by Gasteiger charge is -2.12. The van der Waals surface area contributed by atoms with E-state index in [1.807, 2.05) is 6.92 Å². The molecule has 0 amide bonds. The number of ether oxygens (including phenoxy) is 1. The van der Waals surface area contributed by atoms with Gasteiger partial charge in [-0.3, -0.25) is 4.79 Å². The number of rotatable bonds is 6. The average molecular weight is 200 g/mol. The van der Waals surface area contributed by atoms with Gasteiger partial charge in [-0.15, -0.1) is 0 Å². The minimum Gasteiger partial charge on any atom is -0.460 e. The number of Topliss-reactive ketones (excluding diaryl/α,β-unsaturated/α-hetero) is 1. The lowest BCUT2D eigenvalue weighted by Crippen LogP contribution is -2.18. The first-order valence-electron chi connectivity index (χ1n) is 5.11. The van der Waals surface area contributed by atoms with Crippen LogP contribution < -0.4 is 0 Å². The van der Waals surface area contributed by atoms with Crippen molar-refractivity contribution in [1.29, 1.82) is 0 Å². The van der Waals surface area contributed by atoms with Gasteiger partial charge >= 0.3 is 5.97 Å². The molecule has 82 valence electrons. The maximum Gasteiger partial charge on any atom is 0.374 e. The predicted molar refractivity (Wildman–Crippen MR) is 54.9 cm³/mol. The Labute approximate surface area is 85.8 Å². The van der Waals surface area contributed by atoms with Gasteiger partial charge in [-0.05, 0) is 18.3 Å². The Hall–Kier alpha value is -0.860. The molecule has 0 saturated heterocycles. The van der Waals surface area contributed by atoms with Gasteiger partial charge in [0.2, 0.25) is 5.78 Å². The monoisotopic (exact) mass is 200 g/mol. The van der Waals surface area contributed by atoms with Gasteiger partial charge in [0, 0.05) is 6.92 Å². The number of carbonyl (C=O) groups excluding carboxylic acids is 2. The molecule has 0 aliphatic carbocycles. The summed E-state index contributed by atoms with van der Waals surface area (Å²) in [6, 6.07) is 0. The van der Waals surface area contributed by atoms with Gasteiger partial charge in [0.05, 0.1) is 6.61 Å². The van der Waals surface area contributed by atoms with E-state index in [-0.39, 0.29) is 0 Å². The van der Waals surface area contributed by atoms with Crippen molar-refractivity contribution >= 4 is 11.8 Å². The van der Waals surface area contributed by atoms with E-state index in [1.165, 1.54) is 6.92 Å². The van der Waals surface area contributed by atoms with Gasteiger partial charge in [-0.25, -0.2) is 4.79 Å². The number of carbonyl (C=O) groups is 2. The van der Waals surface area contributed by atoms with Gasteiger partial charge in [-0.1, -0.05) is 27.2 Å². The zero-order valence-electron chi connectivity index (χ0n) is 9.50. The second kappa shape index (κ2) is 6.57. The van der Waals surface area contributed by atoms with Crippen molar-refractivity contribution < 1.29 is 14.3 Å². The van der Waals surface area contributed by atoms with Gasteiger partial charge < -0.3 is 4.74 Å². The van der Waals surface area contributed by atoms with Crippen molar-refractivity contribution in [2.75, 3.05) is 6.61 Å². The first kappa shape index (κ1) is 13.1. The van der Waals surface area contributed by atoms with Gasteiger partial charge in [0.25, 0.3) is 0 Å². The Kier molecular flexibility index (Phi) is 6.17. The number of ketones is 1. The molecule has 0 bridgehead atoms. The number of esters is 1. The summed E-state index contributed by atoms with van der Waals surface area (Å²) in [4.78, 5) is 21.4. The van der Waals surface area contributed by atoms with E-state index in [4.69, 9.17) is 4.74 Å². The molecular formula is C11H20O3. The van der Waals surface area contributed by atoms with Gasteiger partial charge in [0.1, 0.15) is 0 Å². The zero-order chi connectivity index (χ0) is 11.1. The Morgan fingerprint density at radius 3 is 2.14 bits per heavy atom. The van der Waals surface area contributed by atoms with Crippen LogP contribution in [-0.2, 0) is 14.3 Å². The maximum atomic E-state index is 10.8. The van der Waals surface area contributed by atoms with Gasteiger partial charge in [0.15, 0.2) is 0 Å². The zero-order valence-corrected chi connectivity index (χ0v) is 9.50. The van der Waals surface area contributed by atoms with Crippen LogP contribution in [0.3, 0.4) is 0 Å². The van der Waals surface area contributed by atoms with Crippen LogP contribution in [0.2, 0.25) is 0 Å². The molecule has 0 aromatic heterocycles. The van der Waals surface area contributed by atoms with E-state index in [1.54, 1.807) is 0 Å². The molecule has 1 unspecified atom stereocenters. The van der Waals surface area contributed by atoms with E-state index in [0.717, 1.165) is 12.8 Å². The SMILES string of the molecule is CC(=O)C(=O)OCC(C)CCC(C)C. The topological polar surface area (TPSA) is 43.4 Å². The normalized spacial score (nSPS) is 12.6. The lowest BCUT2D eigenvalue weighted by atomic mass is 10.0. The highest BCUT2D eigenvalue weighted by molar-refractivity contribution is 6.32. The summed E-state index contributed by atoms with van der Waals surface area (Å²) in [5, 5.41) is 0.